The molecule has 0 atom stereocenters. The predicted octanol–water partition coefficient (Wildman–Crippen LogP) is 4.26. The Hall–Kier alpha value is -1.81. The second kappa shape index (κ2) is 5.90. The zero-order valence-corrected chi connectivity index (χ0v) is 14.0. The summed E-state index contributed by atoms with van der Waals surface area (Å²) in [4.78, 5) is 12.6. The summed E-state index contributed by atoms with van der Waals surface area (Å²) in [7, 11) is 0. The Kier molecular flexibility index (Phi) is 4.37. The van der Waals surface area contributed by atoms with E-state index in [0.717, 1.165) is 21.3 Å². The van der Waals surface area contributed by atoms with Gasteiger partial charge in [0.15, 0.2) is 0 Å². The lowest BCUT2D eigenvalue weighted by Gasteiger charge is -2.25. The van der Waals surface area contributed by atoms with Crippen LogP contribution in [0.3, 0.4) is 0 Å². The fourth-order valence-electron chi connectivity index (χ4n) is 2.05. The van der Waals surface area contributed by atoms with E-state index in [9.17, 15) is 4.79 Å². The van der Waals surface area contributed by atoms with Crippen molar-refractivity contribution in [1.82, 2.24) is 0 Å². The van der Waals surface area contributed by atoms with Crippen LogP contribution in [0.4, 0.5) is 11.4 Å². The fraction of sp³-hybridized carbons (Fsp3) is 0.235. The van der Waals surface area contributed by atoms with Crippen molar-refractivity contribution in [2.75, 3.05) is 11.1 Å². The Morgan fingerprint density at radius 1 is 1.14 bits per heavy atom. The van der Waals surface area contributed by atoms with Crippen LogP contribution in [0.1, 0.15) is 25.0 Å². The molecule has 0 saturated carbocycles. The molecule has 3 N–H and O–H groups in total. The van der Waals surface area contributed by atoms with Gasteiger partial charge in [-0.05, 0) is 66.0 Å². The van der Waals surface area contributed by atoms with Gasteiger partial charge < -0.3 is 11.1 Å². The summed E-state index contributed by atoms with van der Waals surface area (Å²) in [6, 6.07) is 13.2. The van der Waals surface area contributed by atoms with Crippen molar-refractivity contribution in [3.63, 3.8) is 0 Å². The molecule has 0 heterocycles. The Labute approximate surface area is 133 Å². The van der Waals surface area contributed by atoms with Gasteiger partial charge in [0, 0.05) is 10.2 Å². The van der Waals surface area contributed by atoms with Crippen molar-refractivity contribution in [2.45, 2.75) is 26.2 Å². The van der Waals surface area contributed by atoms with Crippen LogP contribution in [0.25, 0.3) is 0 Å². The van der Waals surface area contributed by atoms with E-state index in [4.69, 9.17) is 5.73 Å². The maximum Gasteiger partial charge on any atom is 0.234 e. The van der Waals surface area contributed by atoms with Gasteiger partial charge in [-0.25, -0.2) is 0 Å². The lowest BCUT2D eigenvalue weighted by atomic mass is 9.83. The summed E-state index contributed by atoms with van der Waals surface area (Å²) >= 11 is 3.51. The highest BCUT2D eigenvalue weighted by Crippen LogP contribution is 2.30. The number of nitrogens with one attached hydrogen (secondary N) is 1. The van der Waals surface area contributed by atoms with Crippen molar-refractivity contribution >= 4 is 33.2 Å². The second-order valence-corrected chi connectivity index (χ2v) is 6.43. The first-order chi connectivity index (χ1) is 9.82. The number of benzene rings is 2. The van der Waals surface area contributed by atoms with Crippen LogP contribution in [0, 0.1) is 6.92 Å². The summed E-state index contributed by atoms with van der Waals surface area (Å²) in [6.07, 6.45) is 0. The Balaban J connectivity index is 2.26. The van der Waals surface area contributed by atoms with E-state index >= 15 is 0 Å². The molecular formula is C17H19BrN2O. The normalized spacial score (nSPS) is 11.2. The lowest BCUT2D eigenvalue weighted by Crippen LogP contribution is -2.34. The van der Waals surface area contributed by atoms with E-state index in [1.807, 2.05) is 63.2 Å². The largest absolute Gasteiger partial charge is 0.399 e. The van der Waals surface area contributed by atoms with Crippen molar-refractivity contribution in [3.8, 4) is 0 Å². The molecule has 0 saturated heterocycles. The van der Waals surface area contributed by atoms with E-state index in [1.54, 1.807) is 0 Å². The third kappa shape index (κ3) is 3.27. The molecule has 2 aromatic carbocycles. The van der Waals surface area contributed by atoms with Gasteiger partial charge in [0.05, 0.1) is 11.1 Å². The highest BCUT2D eigenvalue weighted by Gasteiger charge is 2.30. The van der Waals surface area contributed by atoms with Crippen LogP contribution >= 0.6 is 15.9 Å². The zero-order chi connectivity index (χ0) is 15.6. The first-order valence-electron chi connectivity index (χ1n) is 6.75. The molecule has 4 heteroatoms. The minimum Gasteiger partial charge on any atom is -0.399 e. The molecular weight excluding hydrogens is 328 g/mol. The predicted molar refractivity (Wildman–Crippen MR) is 91.4 cm³/mol. The molecule has 2 aromatic rings. The summed E-state index contributed by atoms with van der Waals surface area (Å²) < 4.78 is 0.909. The number of amides is 1. The van der Waals surface area contributed by atoms with Gasteiger partial charge in [-0.3, -0.25) is 4.79 Å². The highest BCUT2D eigenvalue weighted by atomic mass is 79.9. The topological polar surface area (TPSA) is 55.1 Å². The number of anilines is 2. The highest BCUT2D eigenvalue weighted by molar-refractivity contribution is 9.10. The number of carbonyl (C=O) groups is 1. The van der Waals surface area contributed by atoms with Gasteiger partial charge in [0.1, 0.15) is 0 Å². The van der Waals surface area contributed by atoms with Crippen LogP contribution in [-0.2, 0) is 10.2 Å². The van der Waals surface area contributed by atoms with Crippen LogP contribution in [-0.4, -0.2) is 5.91 Å². The van der Waals surface area contributed by atoms with Gasteiger partial charge in [-0.2, -0.15) is 0 Å². The summed E-state index contributed by atoms with van der Waals surface area (Å²) in [5.74, 6) is -0.0569. The Morgan fingerprint density at radius 2 is 1.76 bits per heavy atom. The Bertz CT molecular complexity index is 663. The van der Waals surface area contributed by atoms with Crippen molar-refractivity contribution in [2.24, 2.45) is 0 Å². The number of hydrogen-bond donors (Lipinski definition) is 2. The number of halogens is 1. The quantitative estimate of drug-likeness (QED) is 0.816. The van der Waals surface area contributed by atoms with E-state index in [1.165, 1.54) is 0 Å². The minimum absolute atomic E-state index is 0.0569. The van der Waals surface area contributed by atoms with Crippen LogP contribution in [0.2, 0.25) is 0 Å². The van der Waals surface area contributed by atoms with Crippen molar-refractivity contribution < 1.29 is 4.79 Å². The van der Waals surface area contributed by atoms with Gasteiger partial charge in [0.25, 0.3) is 0 Å². The molecule has 0 spiro atoms. The van der Waals surface area contributed by atoms with E-state index < -0.39 is 5.41 Å². The minimum atomic E-state index is -0.642. The standard InChI is InChI=1S/C17H19BrN2O/c1-11-5-4-6-14(15(11)18)20-16(21)17(2,3)12-7-9-13(19)10-8-12/h4-10H,19H2,1-3H3,(H,20,21). The zero-order valence-electron chi connectivity index (χ0n) is 12.4. The average molecular weight is 347 g/mol. The second-order valence-electron chi connectivity index (χ2n) is 5.64. The number of aryl methyl sites for hydroxylation is 1. The molecule has 0 aliphatic heterocycles. The first-order valence-corrected chi connectivity index (χ1v) is 7.54. The maximum absolute atomic E-state index is 12.6. The molecule has 21 heavy (non-hydrogen) atoms. The molecule has 110 valence electrons. The molecule has 0 aliphatic rings. The van der Waals surface area contributed by atoms with Gasteiger partial charge in [-0.1, -0.05) is 24.3 Å². The molecule has 2 rings (SSSR count). The SMILES string of the molecule is Cc1cccc(NC(=O)C(C)(C)c2ccc(N)cc2)c1Br. The molecule has 3 nitrogen and oxygen atoms in total. The average Bonchev–Trinajstić information content (AvgIpc) is 2.44. The maximum atomic E-state index is 12.6. The lowest BCUT2D eigenvalue weighted by molar-refractivity contribution is -0.120. The Morgan fingerprint density at radius 3 is 2.38 bits per heavy atom. The molecule has 0 bridgehead atoms. The van der Waals surface area contributed by atoms with Gasteiger partial charge in [0.2, 0.25) is 5.91 Å². The van der Waals surface area contributed by atoms with E-state index in [0.29, 0.717) is 5.69 Å². The first kappa shape index (κ1) is 15.6. The third-order valence-corrected chi connectivity index (χ3v) is 4.69. The number of nitrogen functional groups attached to an aromatic ring is 1. The summed E-state index contributed by atoms with van der Waals surface area (Å²) in [6.45, 7) is 5.79. The number of nitrogens with two attached hydrogens (primary N) is 1. The van der Waals surface area contributed by atoms with Crippen LogP contribution in [0.15, 0.2) is 46.9 Å². The molecule has 0 aromatic heterocycles. The van der Waals surface area contributed by atoms with Crippen LogP contribution < -0.4 is 11.1 Å². The molecule has 1 amide bonds. The van der Waals surface area contributed by atoms with Gasteiger partial charge >= 0.3 is 0 Å². The summed E-state index contributed by atoms with van der Waals surface area (Å²) in [5.41, 5.74) is 8.54. The fourth-order valence-corrected chi connectivity index (χ4v) is 2.42. The molecule has 0 unspecified atom stereocenters. The molecule has 0 aliphatic carbocycles. The smallest absolute Gasteiger partial charge is 0.234 e. The molecule has 0 fully saturated rings. The number of hydrogen-bond acceptors (Lipinski definition) is 2. The number of carbonyl (C=O) groups excluding carboxylic acids is 1. The molecule has 0 radical (unpaired) electrons. The van der Waals surface area contributed by atoms with Crippen molar-refractivity contribution in [1.29, 1.82) is 0 Å². The van der Waals surface area contributed by atoms with E-state index in [2.05, 4.69) is 21.2 Å². The third-order valence-electron chi connectivity index (χ3n) is 3.64. The summed E-state index contributed by atoms with van der Waals surface area (Å²) in [5, 5.41) is 2.99. The number of rotatable bonds is 3. The van der Waals surface area contributed by atoms with Gasteiger partial charge in [-0.15, -0.1) is 0 Å². The van der Waals surface area contributed by atoms with Crippen LogP contribution in [0.5, 0.6) is 0 Å². The monoisotopic (exact) mass is 346 g/mol. The van der Waals surface area contributed by atoms with E-state index in [-0.39, 0.29) is 5.91 Å². The van der Waals surface area contributed by atoms with Crippen molar-refractivity contribution in [3.05, 3.63) is 58.1 Å².